The van der Waals surface area contributed by atoms with Gasteiger partial charge in [0.1, 0.15) is 11.4 Å². The van der Waals surface area contributed by atoms with E-state index >= 15 is 0 Å². The van der Waals surface area contributed by atoms with Gasteiger partial charge in [0.05, 0.1) is 12.8 Å². The van der Waals surface area contributed by atoms with Crippen LogP contribution in [0.2, 0.25) is 0 Å². The molecular formula is C21H20F3N4O2S+. The first kappa shape index (κ1) is 22.5. The predicted octanol–water partition coefficient (Wildman–Crippen LogP) is 3.78. The van der Waals surface area contributed by atoms with Crippen LogP contribution in [0.25, 0.3) is 11.3 Å². The number of nitrogens with one attached hydrogen (secondary N) is 2. The number of alkyl halides is 3. The number of methoxy groups -OCH3 is 1. The molecule has 3 rings (SSSR count). The summed E-state index contributed by atoms with van der Waals surface area (Å²) < 4.78 is 45.0. The lowest BCUT2D eigenvalue weighted by Gasteiger charge is -2.11. The summed E-state index contributed by atoms with van der Waals surface area (Å²) in [5.74, 6) is 0.623. The number of carbonyl (C=O) groups is 1. The molecule has 0 saturated carbocycles. The van der Waals surface area contributed by atoms with Gasteiger partial charge in [0.2, 0.25) is 5.91 Å². The molecule has 0 spiro atoms. The Morgan fingerprint density at radius 2 is 1.97 bits per heavy atom. The molecule has 0 fully saturated rings. The van der Waals surface area contributed by atoms with Crippen molar-refractivity contribution >= 4 is 17.7 Å². The Morgan fingerprint density at radius 1 is 1.19 bits per heavy atom. The van der Waals surface area contributed by atoms with Gasteiger partial charge in [0.25, 0.3) is 0 Å². The average Bonchev–Trinajstić information content (AvgIpc) is 2.78. The van der Waals surface area contributed by atoms with Crippen LogP contribution in [0.4, 0.5) is 13.2 Å². The fourth-order valence-corrected chi connectivity index (χ4v) is 3.40. The molecule has 6 nitrogen and oxygen atoms in total. The van der Waals surface area contributed by atoms with Crippen LogP contribution in [-0.2, 0) is 17.5 Å². The number of amides is 1. The van der Waals surface area contributed by atoms with E-state index in [1.165, 1.54) is 7.11 Å². The van der Waals surface area contributed by atoms with Crippen molar-refractivity contribution < 1.29 is 27.7 Å². The van der Waals surface area contributed by atoms with Crippen LogP contribution >= 0.6 is 11.8 Å². The number of aromatic nitrogens is 3. The first-order valence-corrected chi connectivity index (χ1v) is 10.3. The smallest absolute Gasteiger partial charge is 0.433 e. The summed E-state index contributed by atoms with van der Waals surface area (Å²) in [6, 6.07) is 11.1. The first-order valence-electron chi connectivity index (χ1n) is 9.30. The monoisotopic (exact) mass is 449 g/mol. The normalized spacial score (nSPS) is 11.2. The van der Waals surface area contributed by atoms with Gasteiger partial charge in [-0.1, -0.05) is 11.8 Å². The van der Waals surface area contributed by atoms with Crippen LogP contribution in [0.15, 0.2) is 60.0 Å². The van der Waals surface area contributed by atoms with Gasteiger partial charge in [-0.05, 0) is 36.4 Å². The summed E-state index contributed by atoms with van der Waals surface area (Å²) >= 11 is 1.00. The number of hydrogen-bond acceptors (Lipinski definition) is 5. The van der Waals surface area contributed by atoms with Gasteiger partial charge < -0.3 is 10.1 Å². The van der Waals surface area contributed by atoms with Crippen LogP contribution in [0.1, 0.15) is 17.7 Å². The highest BCUT2D eigenvalue weighted by Gasteiger charge is 2.33. The van der Waals surface area contributed by atoms with E-state index in [1.807, 2.05) is 12.1 Å². The van der Waals surface area contributed by atoms with Gasteiger partial charge in [-0.3, -0.25) is 4.79 Å². The number of hydrogen-bond donors (Lipinski definition) is 1. The number of aromatic amines is 1. The van der Waals surface area contributed by atoms with Gasteiger partial charge in [0, 0.05) is 35.9 Å². The maximum Gasteiger partial charge on any atom is 0.433 e. The van der Waals surface area contributed by atoms with Crippen molar-refractivity contribution in [2.24, 2.45) is 0 Å². The zero-order valence-electron chi connectivity index (χ0n) is 16.6. The molecule has 0 unspecified atom stereocenters. The number of nitrogens with zero attached hydrogens (tertiary/aromatic N) is 2. The highest BCUT2D eigenvalue weighted by atomic mass is 32.2. The van der Waals surface area contributed by atoms with Gasteiger partial charge in [0.15, 0.2) is 17.6 Å². The molecule has 10 heteroatoms. The van der Waals surface area contributed by atoms with Crippen LogP contribution in [0.5, 0.6) is 5.75 Å². The Bertz CT molecular complexity index is 1020. The molecule has 1 aromatic carbocycles. The van der Waals surface area contributed by atoms with E-state index < -0.39 is 11.9 Å². The molecule has 31 heavy (non-hydrogen) atoms. The standard InChI is InChI=1S/C21H19F3N4O2S/c1-30-16-6-4-15(5-7-16)17-11-18(21(22,23)24)28-20(27-17)31-10-8-19(29)26-13-14-3-2-9-25-12-14/h2-7,9,11-12H,8,10,13H2,1H3,(H,26,29)/p+1. The summed E-state index contributed by atoms with van der Waals surface area (Å²) in [7, 11) is 1.50. The van der Waals surface area contributed by atoms with Crippen LogP contribution in [0, 0.1) is 0 Å². The van der Waals surface area contributed by atoms with Crippen molar-refractivity contribution in [3.63, 3.8) is 0 Å². The van der Waals surface area contributed by atoms with E-state index in [0.717, 1.165) is 23.4 Å². The third kappa shape index (κ3) is 6.68. The van der Waals surface area contributed by atoms with Crippen molar-refractivity contribution in [3.05, 3.63) is 66.1 Å². The number of pyridine rings is 1. The summed E-state index contributed by atoms with van der Waals surface area (Å²) in [4.78, 5) is 22.8. The Morgan fingerprint density at radius 3 is 2.61 bits per heavy atom. The van der Waals surface area contributed by atoms with E-state index in [9.17, 15) is 18.0 Å². The Balaban J connectivity index is 1.66. The number of halogens is 3. The molecule has 0 radical (unpaired) electrons. The second-order valence-electron chi connectivity index (χ2n) is 6.43. The third-order valence-corrected chi connectivity index (χ3v) is 5.05. The fraction of sp³-hybridized carbons (Fsp3) is 0.238. The molecule has 0 aliphatic carbocycles. The van der Waals surface area contributed by atoms with Crippen molar-refractivity contribution in [3.8, 4) is 17.0 Å². The topological polar surface area (TPSA) is 78.2 Å². The number of carbonyl (C=O) groups excluding carboxylic acids is 1. The lowest BCUT2D eigenvalue weighted by atomic mass is 10.1. The van der Waals surface area contributed by atoms with Crippen molar-refractivity contribution in [2.45, 2.75) is 24.3 Å². The van der Waals surface area contributed by atoms with Crippen LogP contribution in [0.3, 0.4) is 0 Å². The lowest BCUT2D eigenvalue weighted by Crippen LogP contribution is -2.23. The average molecular weight is 449 g/mol. The predicted molar refractivity (Wildman–Crippen MR) is 109 cm³/mol. The summed E-state index contributed by atoms with van der Waals surface area (Å²) in [6.07, 6.45) is -0.953. The minimum absolute atomic E-state index is 0.0360. The molecule has 0 aliphatic rings. The second kappa shape index (κ2) is 10.3. The maximum absolute atomic E-state index is 13.3. The number of thioether (sulfide) groups is 1. The number of rotatable bonds is 8. The minimum atomic E-state index is -4.61. The molecule has 0 bridgehead atoms. The second-order valence-corrected chi connectivity index (χ2v) is 7.50. The Labute approximate surface area is 181 Å². The van der Waals surface area contributed by atoms with E-state index in [-0.39, 0.29) is 28.9 Å². The maximum atomic E-state index is 13.3. The van der Waals surface area contributed by atoms with Gasteiger partial charge >= 0.3 is 6.18 Å². The van der Waals surface area contributed by atoms with Crippen molar-refractivity contribution in [1.29, 1.82) is 0 Å². The van der Waals surface area contributed by atoms with E-state index in [0.29, 0.717) is 17.9 Å². The Kier molecular flexibility index (Phi) is 7.45. The van der Waals surface area contributed by atoms with Gasteiger partial charge in [-0.15, -0.1) is 0 Å². The zero-order valence-corrected chi connectivity index (χ0v) is 17.4. The fourth-order valence-electron chi connectivity index (χ4n) is 2.61. The molecular weight excluding hydrogens is 429 g/mol. The van der Waals surface area contributed by atoms with Crippen molar-refractivity contribution in [2.75, 3.05) is 12.9 Å². The lowest BCUT2D eigenvalue weighted by molar-refractivity contribution is -0.378. The SMILES string of the molecule is COc1ccc(-c2cc(C(F)(F)F)nc(SCCC(=O)NCc3ccc[nH+]c3)n2)cc1. The first-order chi connectivity index (χ1) is 14.8. The molecule has 0 aliphatic heterocycles. The number of H-pyrrole nitrogens is 1. The molecule has 162 valence electrons. The van der Waals surface area contributed by atoms with E-state index in [4.69, 9.17) is 4.74 Å². The molecule has 3 aromatic rings. The van der Waals surface area contributed by atoms with E-state index in [2.05, 4.69) is 20.3 Å². The highest BCUT2D eigenvalue weighted by Crippen LogP contribution is 2.32. The minimum Gasteiger partial charge on any atom is -0.497 e. The molecule has 2 heterocycles. The number of benzene rings is 1. The molecule has 0 atom stereocenters. The van der Waals surface area contributed by atoms with Gasteiger partial charge in [-0.2, -0.15) is 13.2 Å². The molecule has 1 amide bonds. The van der Waals surface area contributed by atoms with Crippen molar-refractivity contribution in [1.82, 2.24) is 15.3 Å². The summed E-state index contributed by atoms with van der Waals surface area (Å²) in [5, 5.41) is 2.73. The summed E-state index contributed by atoms with van der Waals surface area (Å²) in [5.41, 5.74) is 0.541. The molecule has 2 aromatic heterocycles. The molecule has 2 N–H and O–H groups in total. The highest BCUT2D eigenvalue weighted by molar-refractivity contribution is 7.99. The number of ether oxygens (including phenoxy) is 1. The quantitative estimate of drug-likeness (QED) is 0.418. The third-order valence-electron chi connectivity index (χ3n) is 4.20. The zero-order chi connectivity index (χ0) is 22.3. The molecule has 0 saturated heterocycles. The van der Waals surface area contributed by atoms with Crippen LogP contribution < -0.4 is 15.0 Å². The largest absolute Gasteiger partial charge is 0.497 e. The Hall–Kier alpha value is -3.14. The van der Waals surface area contributed by atoms with Crippen LogP contribution in [-0.4, -0.2) is 28.7 Å². The van der Waals surface area contributed by atoms with Gasteiger partial charge in [-0.25, -0.2) is 15.0 Å². The summed E-state index contributed by atoms with van der Waals surface area (Å²) in [6.45, 7) is 0.364. The van der Waals surface area contributed by atoms with E-state index in [1.54, 1.807) is 36.7 Å².